The van der Waals surface area contributed by atoms with Crippen LogP contribution in [0, 0.1) is 0 Å². The van der Waals surface area contributed by atoms with Gasteiger partial charge in [-0.25, -0.2) is 12.1 Å². The summed E-state index contributed by atoms with van der Waals surface area (Å²) in [7, 11) is 0. The van der Waals surface area contributed by atoms with Crippen LogP contribution in [0.4, 0.5) is 0 Å². The molecule has 0 fully saturated rings. The maximum absolute atomic E-state index is 11.7. The fourth-order valence-electron chi connectivity index (χ4n) is 1.60. The molecule has 0 spiro atoms. The molecule has 1 nitrogen and oxygen atoms in total. The normalized spacial score (nSPS) is 11.5. The summed E-state index contributed by atoms with van der Waals surface area (Å²) in [6.45, 7) is 0. The van der Waals surface area contributed by atoms with E-state index in [2.05, 4.69) is 0 Å². The van der Waals surface area contributed by atoms with Crippen LogP contribution in [0.5, 0.6) is 0 Å². The summed E-state index contributed by atoms with van der Waals surface area (Å²) in [4.78, 5) is 0. The van der Waals surface area contributed by atoms with E-state index in [1.54, 1.807) is 0 Å². The van der Waals surface area contributed by atoms with E-state index < -0.39 is 0 Å². The summed E-state index contributed by atoms with van der Waals surface area (Å²) in [5.74, 6) is 0.0885. The Hall–Kier alpha value is -1.89. The molecule has 2 heteroatoms. The fourth-order valence-corrected chi connectivity index (χ4v) is 1.60. The second kappa shape index (κ2) is 8.25. The Morgan fingerprint density at radius 3 is 1.89 bits per heavy atom. The largest absolute Gasteiger partial charge is 0.872 e. The van der Waals surface area contributed by atoms with Crippen LogP contribution in [0.25, 0.3) is 5.76 Å². The molecule has 0 amide bonds. The van der Waals surface area contributed by atoms with Gasteiger partial charge in [-0.3, -0.25) is 0 Å². The van der Waals surface area contributed by atoms with Gasteiger partial charge >= 0.3 is 0 Å². The molecule has 1 aliphatic rings. The fraction of sp³-hybridized carbons (Fsp3) is 0. The third kappa shape index (κ3) is 4.70. The van der Waals surface area contributed by atoms with Gasteiger partial charge in [-0.15, -0.1) is 0 Å². The van der Waals surface area contributed by atoms with Crippen LogP contribution in [-0.2, 0) is 17.1 Å². The Kier molecular flexibility index (Phi) is 6.59. The number of benzene rings is 1. The molecule has 0 aliphatic heterocycles. The van der Waals surface area contributed by atoms with Crippen LogP contribution in [-0.4, -0.2) is 0 Å². The standard InChI is InChI=1S/C12H10O.C5H5.Fe/c13-12(11-8-4-5-9-11)10-6-2-1-3-7-10;1-2-4-5-3-1;/h1-9,13H;1-5H;/q;-1;/p-1. The number of hydrogen-bond acceptors (Lipinski definition) is 1. The third-order valence-corrected chi connectivity index (χ3v) is 2.52. The first-order valence-electron chi connectivity index (χ1n) is 5.86. The summed E-state index contributed by atoms with van der Waals surface area (Å²) in [5.41, 5.74) is 1.50. The molecule has 0 unspecified atom stereocenters. The van der Waals surface area contributed by atoms with Gasteiger partial charge in [0.1, 0.15) is 0 Å². The molecule has 0 bridgehead atoms. The van der Waals surface area contributed by atoms with Crippen LogP contribution in [0.2, 0.25) is 0 Å². The van der Waals surface area contributed by atoms with Gasteiger partial charge in [0, 0.05) is 17.1 Å². The van der Waals surface area contributed by atoms with Crippen LogP contribution in [0.15, 0.2) is 90.5 Å². The Bertz CT molecular complexity index is 517. The van der Waals surface area contributed by atoms with E-state index >= 15 is 0 Å². The van der Waals surface area contributed by atoms with Crippen molar-refractivity contribution in [2.24, 2.45) is 0 Å². The van der Waals surface area contributed by atoms with Crippen LogP contribution < -0.4 is 5.11 Å². The van der Waals surface area contributed by atoms with Gasteiger partial charge in [-0.2, -0.15) is 18.2 Å². The Morgan fingerprint density at radius 1 is 0.842 bits per heavy atom. The summed E-state index contributed by atoms with van der Waals surface area (Å²) in [6, 6.07) is 19.3. The number of rotatable bonds is 1. The van der Waals surface area contributed by atoms with Crippen molar-refractivity contribution in [1.29, 1.82) is 0 Å². The zero-order valence-electron chi connectivity index (χ0n) is 10.3. The Morgan fingerprint density at radius 2 is 1.42 bits per heavy atom. The second-order valence-corrected chi connectivity index (χ2v) is 3.83. The first-order valence-corrected chi connectivity index (χ1v) is 5.86. The predicted molar refractivity (Wildman–Crippen MR) is 73.7 cm³/mol. The van der Waals surface area contributed by atoms with E-state index in [9.17, 15) is 5.11 Å². The molecule has 0 heterocycles. The Labute approximate surface area is 124 Å². The van der Waals surface area contributed by atoms with Gasteiger partial charge in [-0.1, -0.05) is 60.4 Å². The molecule has 0 atom stereocenters. The van der Waals surface area contributed by atoms with E-state index in [0.717, 1.165) is 11.1 Å². The van der Waals surface area contributed by atoms with Gasteiger partial charge in [0.05, 0.1) is 0 Å². The van der Waals surface area contributed by atoms with E-state index in [1.807, 2.05) is 85.0 Å². The quantitative estimate of drug-likeness (QED) is 0.449. The molecule has 98 valence electrons. The van der Waals surface area contributed by atoms with Gasteiger partial charge in [-0.05, 0) is 11.1 Å². The zero-order chi connectivity index (χ0) is 12.6. The molecule has 19 heavy (non-hydrogen) atoms. The van der Waals surface area contributed by atoms with Gasteiger partial charge in [0.25, 0.3) is 0 Å². The molecule has 0 saturated heterocycles. The van der Waals surface area contributed by atoms with Crippen molar-refractivity contribution in [3.63, 3.8) is 0 Å². The van der Waals surface area contributed by atoms with Gasteiger partial charge < -0.3 is 5.11 Å². The molecule has 3 rings (SSSR count). The first kappa shape index (κ1) is 15.2. The van der Waals surface area contributed by atoms with Crippen molar-refractivity contribution in [1.82, 2.24) is 0 Å². The van der Waals surface area contributed by atoms with Gasteiger partial charge in [0.15, 0.2) is 0 Å². The molecule has 0 radical (unpaired) electrons. The maximum atomic E-state index is 11.7. The summed E-state index contributed by atoms with van der Waals surface area (Å²) in [5, 5.41) is 11.7. The van der Waals surface area contributed by atoms with Gasteiger partial charge in [0.2, 0.25) is 0 Å². The van der Waals surface area contributed by atoms with E-state index in [0.29, 0.717) is 0 Å². The van der Waals surface area contributed by atoms with Crippen molar-refractivity contribution < 1.29 is 22.2 Å². The molecular formula is C17H14FeO-2. The van der Waals surface area contributed by atoms with Crippen molar-refractivity contribution >= 4 is 5.76 Å². The van der Waals surface area contributed by atoms with Crippen molar-refractivity contribution in [2.75, 3.05) is 0 Å². The summed E-state index contributed by atoms with van der Waals surface area (Å²) in [6.07, 6.45) is 7.40. The van der Waals surface area contributed by atoms with E-state index in [1.165, 1.54) is 0 Å². The minimum Gasteiger partial charge on any atom is -0.872 e. The topological polar surface area (TPSA) is 23.1 Å². The summed E-state index contributed by atoms with van der Waals surface area (Å²) >= 11 is 0. The van der Waals surface area contributed by atoms with Crippen molar-refractivity contribution in [3.05, 3.63) is 96.1 Å². The van der Waals surface area contributed by atoms with E-state index in [-0.39, 0.29) is 22.8 Å². The number of hydrogen-bond donors (Lipinski definition) is 0. The molecule has 0 saturated carbocycles. The molecular weight excluding hydrogens is 276 g/mol. The molecule has 2 aromatic rings. The smallest absolute Gasteiger partial charge is 0 e. The van der Waals surface area contributed by atoms with E-state index in [4.69, 9.17) is 0 Å². The second-order valence-electron chi connectivity index (χ2n) is 3.83. The Balaban J connectivity index is 0.000000256. The molecule has 0 aromatic heterocycles. The maximum Gasteiger partial charge on any atom is 0 e. The monoisotopic (exact) mass is 290 g/mol. The van der Waals surface area contributed by atoms with Crippen LogP contribution >= 0.6 is 0 Å². The summed E-state index contributed by atoms with van der Waals surface area (Å²) < 4.78 is 0. The van der Waals surface area contributed by atoms with Crippen LogP contribution in [0.3, 0.4) is 0 Å². The first-order chi connectivity index (χ1) is 8.88. The minimum atomic E-state index is 0. The minimum absolute atomic E-state index is 0. The average molecular weight is 290 g/mol. The average Bonchev–Trinajstić information content (AvgIpc) is 3.14. The molecule has 2 aromatic carbocycles. The van der Waals surface area contributed by atoms with Crippen LogP contribution in [0.1, 0.15) is 5.56 Å². The predicted octanol–water partition coefficient (Wildman–Crippen LogP) is 3.29. The zero-order valence-corrected chi connectivity index (χ0v) is 11.4. The van der Waals surface area contributed by atoms with Crippen molar-refractivity contribution in [3.8, 4) is 0 Å². The molecule has 1 aliphatic carbocycles. The third-order valence-electron chi connectivity index (χ3n) is 2.52. The molecule has 0 N–H and O–H groups in total. The number of allylic oxidation sites excluding steroid dienone is 5. The SMILES string of the molecule is [Fe].[O-]C(=C1C=CC=C1)c1ccccc1.c1cc[cH-]c1. The van der Waals surface area contributed by atoms with Crippen molar-refractivity contribution in [2.45, 2.75) is 0 Å².